The molecule has 3 aromatic heterocycles. The number of rotatable bonds is 4. The van der Waals surface area contributed by atoms with E-state index in [-0.39, 0.29) is 11.6 Å². The number of fused-ring (bicyclic) bond motifs is 3. The molecule has 1 aliphatic rings. The van der Waals surface area contributed by atoms with Crippen LogP contribution in [0.2, 0.25) is 0 Å². The van der Waals surface area contributed by atoms with Crippen molar-refractivity contribution in [3.05, 3.63) is 50.8 Å². The highest BCUT2D eigenvalue weighted by molar-refractivity contribution is 7.18. The monoisotopic (exact) mass is 344 g/mol. The Morgan fingerprint density at radius 2 is 2.42 bits per heavy atom. The van der Waals surface area contributed by atoms with Crippen LogP contribution in [0.3, 0.4) is 0 Å². The van der Waals surface area contributed by atoms with Gasteiger partial charge in [0.25, 0.3) is 5.56 Å². The van der Waals surface area contributed by atoms with Crippen LogP contribution in [0.1, 0.15) is 48.3 Å². The maximum Gasteiger partial charge on any atom is 0.260 e. The minimum atomic E-state index is 0.0142. The summed E-state index contributed by atoms with van der Waals surface area (Å²) in [6, 6.07) is 3.92. The predicted molar refractivity (Wildman–Crippen MR) is 94.2 cm³/mol. The Morgan fingerprint density at radius 1 is 1.54 bits per heavy atom. The topological polar surface area (TPSA) is 75.5 Å². The maximum absolute atomic E-state index is 12.6. The van der Waals surface area contributed by atoms with Crippen LogP contribution >= 0.6 is 11.3 Å². The van der Waals surface area contributed by atoms with Gasteiger partial charge in [0.05, 0.1) is 11.6 Å². The van der Waals surface area contributed by atoms with Gasteiger partial charge in [0.2, 0.25) is 0 Å². The molecule has 4 rings (SSSR count). The summed E-state index contributed by atoms with van der Waals surface area (Å²) < 4.78 is 5.36. The number of hydrogen-bond donors (Lipinski definition) is 2. The minimum absolute atomic E-state index is 0.0142. The molecule has 2 atom stereocenters. The molecule has 0 saturated carbocycles. The molecule has 3 heterocycles. The summed E-state index contributed by atoms with van der Waals surface area (Å²) in [7, 11) is 0. The van der Waals surface area contributed by atoms with Gasteiger partial charge in [-0.15, -0.1) is 11.3 Å². The van der Waals surface area contributed by atoms with E-state index >= 15 is 0 Å². The quantitative estimate of drug-likeness (QED) is 0.764. The molecule has 0 aliphatic heterocycles. The molecule has 0 aromatic carbocycles. The van der Waals surface area contributed by atoms with Crippen LogP contribution in [0.4, 0.5) is 0 Å². The molecule has 0 saturated heterocycles. The van der Waals surface area contributed by atoms with Gasteiger partial charge in [0, 0.05) is 4.88 Å². The molecule has 24 heavy (non-hydrogen) atoms. The summed E-state index contributed by atoms with van der Waals surface area (Å²) in [5.41, 5.74) is 1.25. The second-order valence-corrected chi connectivity index (χ2v) is 7.87. The SMILES string of the molecule is C[C@H]1CCc2c(sc3nc([C@@H](C)[NH2+]Cc4ccco4)[nH]c(=O)c23)C1. The third-order valence-electron chi connectivity index (χ3n) is 4.87. The highest BCUT2D eigenvalue weighted by Crippen LogP contribution is 2.35. The third kappa shape index (κ3) is 2.80. The standard InChI is InChI=1S/C18H21N3O2S/c1-10-5-6-13-14(8-10)24-18-15(13)17(22)20-16(21-18)11(2)19-9-12-4-3-7-23-12/h3-4,7,10-11,19H,5-6,8-9H2,1-2H3,(H,20,21,22)/p+1/t10-,11+/m0/s1. The van der Waals surface area contributed by atoms with Crippen molar-refractivity contribution in [1.82, 2.24) is 9.97 Å². The Bertz CT molecular complexity index is 910. The molecule has 0 amide bonds. The second-order valence-electron chi connectivity index (χ2n) is 6.79. The fourth-order valence-corrected chi connectivity index (χ4v) is 4.80. The van der Waals surface area contributed by atoms with Crippen LogP contribution in [0.5, 0.6) is 0 Å². The van der Waals surface area contributed by atoms with Crippen LogP contribution in [-0.4, -0.2) is 9.97 Å². The van der Waals surface area contributed by atoms with Crippen molar-refractivity contribution in [2.75, 3.05) is 0 Å². The number of furan rings is 1. The van der Waals surface area contributed by atoms with E-state index < -0.39 is 0 Å². The van der Waals surface area contributed by atoms with E-state index in [1.165, 1.54) is 10.4 Å². The molecular weight excluding hydrogens is 322 g/mol. The number of hydrogen-bond acceptors (Lipinski definition) is 4. The molecule has 0 unspecified atom stereocenters. The van der Waals surface area contributed by atoms with Gasteiger partial charge in [-0.25, -0.2) is 4.98 Å². The fourth-order valence-electron chi connectivity index (χ4n) is 3.41. The zero-order valence-electron chi connectivity index (χ0n) is 14.0. The molecule has 3 N–H and O–H groups in total. The lowest BCUT2D eigenvalue weighted by Gasteiger charge is -2.17. The first kappa shape index (κ1) is 15.6. The Hall–Kier alpha value is -1.92. The minimum Gasteiger partial charge on any atom is -0.463 e. The Balaban J connectivity index is 1.64. The smallest absolute Gasteiger partial charge is 0.260 e. The molecule has 1 aliphatic carbocycles. The van der Waals surface area contributed by atoms with E-state index in [0.717, 1.165) is 47.6 Å². The van der Waals surface area contributed by atoms with E-state index in [2.05, 4.69) is 24.1 Å². The third-order valence-corrected chi connectivity index (χ3v) is 6.02. The first-order valence-corrected chi connectivity index (χ1v) is 9.33. The number of quaternary nitrogens is 1. The van der Waals surface area contributed by atoms with E-state index in [1.54, 1.807) is 17.6 Å². The summed E-state index contributed by atoms with van der Waals surface area (Å²) in [4.78, 5) is 22.7. The van der Waals surface area contributed by atoms with Gasteiger partial charge in [0.1, 0.15) is 17.4 Å². The van der Waals surface area contributed by atoms with Crippen molar-refractivity contribution < 1.29 is 9.73 Å². The lowest BCUT2D eigenvalue weighted by Crippen LogP contribution is -2.83. The van der Waals surface area contributed by atoms with E-state index in [0.29, 0.717) is 5.92 Å². The molecule has 6 heteroatoms. The van der Waals surface area contributed by atoms with Crippen molar-refractivity contribution in [3.8, 4) is 0 Å². The predicted octanol–water partition coefficient (Wildman–Crippen LogP) is 2.53. The lowest BCUT2D eigenvalue weighted by atomic mass is 9.89. The van der Waals surface area contributed by atoms with Gasteiger partial charge in [-0.1, -0.05) is 6.92 Å². The van der Waals surface area contributed by atoms with Crippen molar-refractivity contribution in [2.24, 2.45) is 5.92 Å². The van der Waals surface area contributed by atoms with Gasteiger partial charge in [-0.3, -0.25) is 4.79 Å². The van der Waals surface area contributed by atoms with Crippen molar-refractivity contribution >= 4 is 21.6 Å². The first-order valence-electron chi connectivity index (χ1n) is 8.52. The van der Waals surface area contributed by atoms with Crippen LogP contribution in [0.25, 0.3) is 10.2 Å². The Labute approximate surface area is 144 Å². The molecule has 0 fully saturated rings. The average molecular weight is 344 g/mol. The molecule has 126 valence electrons. The van der Waals surface area contributed by atoms with Crippen LogP contribution < -0.4 is 10.9 Å². The number of thiophene rings is 1. The lowest BCUT2D eigenvalue weighted by molar-refractivity contribution is -0.710. The largest absolute Gasteiger partial charge is 0.463 e. The highest BCUT2D eigenvalue weighted by Gasteiger charge is 2.24. The maximum atomic E-state index is 12.6. The molecule has 5 nitrogen and oxygen atoms in total. The zero-order valence-corrected chi connectivity index (χ0v) is 14.8. The number of aryl methyl sites for hydroxylation is 1. The van der Waals surface area contributed by atoms with E-state index in [1.807, 2.05) is 12.1 Å². The Kier molecular flexibility index (Phi) is 4.02. The summed E-state index contributed by atoms with van der Waals surface area (Å²) >= 11 is 1.70. The van der Waals surface area contributed by atoms with Crippen LogP contribution in [0, 0.1) is 5.92 Å². The molecule has 0 bridgehead atoms. The number of aromatic nitrogens is 2. The van der Waals surface area contributed by atoms with Gasteiger partial charge in [0.15, 0.2) is 11.6 Å². The average Bonchev–Trinajstić information content (AvgIpc) is 3.18. The van der Waals surface area contributed by atoms with Gasteiger partial charge < -0.3 is 14.7 Å². The summed E-state index contributed by atoms with van der Waals surface area (Å²) in [5.74, 6) is 2.36. The van der Waals surface area contributed by atoms with Gasteiger partial charge in [-0.2, -0.15) is 0 Å². The number of aromatic amines is 1. The molecular formula is C18H22N3O2S+. The first-order chi connectivity index (χ1) is 11.6. The fraction of sp³-hybridized carbons (Fsp3) is 0.444. The van der Waals surface area contributed by atoms with Crippen molar-refractivity contribution in [2.45, 2.75) is 45.7 Å². The van der Waals surface area contributed by atoms with Gasteiger partial charge in [-0.05, 0) is 49.8 Å². The number of nitrogens with two attached hydrogens (primary N) is 1. The zero-order chi connectivity index (χ0) is 16.7. The second kappa shape index (κ2) is 6.18. The van der Waals surface area contributed by atoms with E-state index in [9.17, 15) is 4.79 Å². The summed E-state index contributed by atoms with van der Waals surface area (Å²) in [5, 5.41) is 2.95. The van der Waals surface area contributed by atoms with E-state index in [4.69, 9.17) is 9.40 Å². The van der Waals surface area contributed by atoms with Crippen LogP contribution in [-0.2, 0) is 19.4 Å². The van der Waals surface area contributed by atoms with Crippen molar-refractivity contribution in [1.29, 1.82) is 0 Å². The summed E-state index contributed by atoms with van der Waals surface area (Å²) in [6.45, 7) is 5.07. The van der Waals surface area contributed by atoms with Crippen LogP contribution in [0.15, 0.2) is 27.6 Å². The normalized spacial score (nSPS) is 18.7. The van der Waals surface area contributed by atoms with Crippen molar-refractivity contribution in [3.63, 3.8) is 0 Å². The number of nitrogens with one attached hydrogen (secondary N) is 1. The molecule has 0 radical (unpaired) electrons. The summed E-state index contributed by atoms with van der Waals surface area (Å²) in [6.07, 6.45) is 4.91. The number of H-pyrrole nitrogens is 1. The van der Waals surface area contributed by atoms with Gasteiger partial charge >= 0.3 is 0 Å². The number of nitrogens with zero attached hydrogens (tertiary/aromatic N) is 1. The Morgan fingerprint density at radius 3 is 3.21 bits per heavy atom. The molecule has 3 aromatic rings. The highest BCUT2D eigenvalue weighted by atomic mass is 32.1. The molecule has 0 spiro atoms.